The van der Waals surface area contributed by atoms with Crippen molar-refractivity contribution in [1.29, 1.82) is 0 Å². The Morgan fingerprint density at radius 1 is 1.27 bits per heavy atom. The molecule has 0 heterocycles. The van der Waals surface area contributed by atoms with Gasteiger partial charge in [0.1, 0.15) is 12.5 Å². The summed E-state index contributed by atoms with van der Waals surface area (Å²) in [6, 6.07) is 6.98. The van der Waals surface area contributed by atoms with Gasteiger partial charge in [-0.15, -0.1) is 0 Å². The summed E-state index contributed by atoms with van der Waals surface area (Å²) in [7, 11) is 0. The molecule has 1 atom stereocenters. The van der Waals surface area contributed by atoms with Crippen LogP contribution in [0.4, 0.5) is 4.39 Å². The molecule has 0 radical (unpaired) electrons. The van der Waals surface area contributed by atoms with E-state index in [1.54, 1.807) is 24.3 Å². The summed E-state index contributed by atoms with van der Waals surface area (Å²) in [5.74, 6) is 0.117. The zero-order valence-corrected chi connectivity index (χ0v) is 8.66. The van der Waals surface area contributed by atoms with E-state index in [9.17, 15) is 9.18 Å². The number of rotatable bonds is 3. The molecule has 1 aromatic rings. The van der Waals surface area contributed by atoms with Crippen molar-refractivity contribution in [2.45, 2.75) is 31.9 Å². The molecule has 0 N–H and O–H groups in total. The van der Waals surface area contributed by atoms with E-state index in [-0.39, 0.29) is 5.92 Å². The summed E-state index contributed by atoms with van der Waals surface area (Å²) in [5.41, 5.74) is 1.07. The minimum atomic E-state index is -0.964. The van der Waals surface area contributed by atoms with E-state index < -0.39 is 6.17 Å². The third kappa shape index (κ3) is 2.09. The monoisotopic (exact) mass is 206 g/mol. The van der Waals surface area contributed by atoms with Crippen LogP contribution < -0.4 is 0 Å². The van der Waals surface area contributed by atoms with E-state index in [1.807, 2.05) is 0 Å². The second-order valence-corrected chi connectivity index (χ2v) is 4.19. The Morgan fingerprint density at radius 3 is 2.60 bits per heavy atom. The molecule has 2 rings (SSSR count). The zero-order valence-electron chi connectivity index (χ0n) is 8.66. The number of halogens is 1. The molecule has 15 heavy (non-hydrogen) atoms. The van der Waals surface area contributed by atoms with Crippen molar-refractivity contribution >= 4 is 6.29 Å². The van der Waals surface area contributed by atoms with E-state index in [0.717, 1.165) is 32.0 Å². The molecule has 1 unspecified atom stereocenters. The van der Waals surface area contributed by atoms with Crippen LogP contribution in [0, 0.1) is 5.92 Å². The second-order valence-electron chi connectivity index (χ2n) is 4.19. The van der Waals surface area contributed by atoms with Crippen molar-refractivity contribution in [2.75, 3.05) is 0 Å². The first kappa shape index (κ1) is 10.3. The summed E-state index contributed by atoms with van der Waals surface area (Å²) >= 11 is 0. The summed E-state index contributed by atoms with van der Waals surface area (Å²) < 4.78 is 14.1. The summed E-state index contributed by atoms with van der Waals surface area (Å²) in [5, 5.41) is 0. The van der Waals surface area contributed by atoms with Crippen LogP contribution in [0.1, 0.15) is 47.8 Å². The van der Waals surface area contributed by atoms with Gasteiger partial charge in [0.05, 0.1) is 0 Å². The average molecular weight is 206 g/mol. The van der Waals surface area contributed by atoms with Crippen LogP contribution in [0.3, 0.4) is 0 Å². The molecule has 1 aliphatic rings. The van der Waals surface area contributed by atoms with Crippen molar-refractivity contribution in [3.63, 3.8) is 0 Å². The van der Waals surface area contributed by atoms with Gasteiger partial charge in [-0.25, -0.2) is 4.39 Å². The lowest BCUT2D eigenvalue weighted by atomic mass is 9.93. The fourth-order valence-electron chi connectivity index (χ4n) is 2.37. The molecule has 1 aliphatic carbocycles. The lowest BCUT2D eigenvalue weighted by Crippen LogP contribution is -2.06. The Labute approximate surface area is 89.3 Å². The van der Waals surface area contributed by atoms with Gasteiger partial charge in [0.25, 0.3) is 0 Å². The average Bonchev–Trinajstić information content (AvgIpc) is 2.81. The van der Waals surface area contributed by atoms with Gasteiger partial charge >= 0.3 is 0 Å². The molecule has 0 aromatic heterocycles. The standard InChI is InChI=1S/C13H15FO/c14-13(10-5-1-2-6-10)12-8-4-3-7-11(12)9-15/h3-4,7-10,13H,1-2,5-6H2. The van der Waals surface area contributed by atoms with Crippen molar-refractivity contribution in [3.05, 3.63) is 35.4 Å². The second kappa shape index (κ2) is 4.56. The van der Waals surface area contributed by atoms with Crippen molar-refractivity contribution in [3.8, 4) is 0 Å². The fourth-order valence-corrected chi connectivity index (χ4v) is 2.37. The van der Waals surface area contributed by atoms with Gasteiger partial charge in [-0.3, -0.25) is 4.79 Å². The fraction of sp³-hybridized carbons (Fsp3) is 0.462. The maximum atomic E-state index is 14.1. The molecule has 2 heteroatoms. The predicted octanol–water partition coefficient (Wildman–Crippen LogP) is 3.70. The Bertz CT molecular complexity index is 342. The molecule has 1 aromatic carbocycles. The van der Waals surface area contributed by atoms with Crippen molar-refractivity contribution < 1.29 is 9.18 Å². The number of aldehydes is 1. The lowest BCUT2D eigenvalue weighted by Gasteiger charge is -2.16. The SMILES string of the molecule is O=Cc1ccccc1C(F)C1CCCC1. The van der Waals surface area contributed by atoms with Crippen LogP contribution >= 0.6 is 0 Å². The highest BCUT2D eigenvalue weighted by Gasteiger charge is 2.27. The summed E-state index contributed by atoms with van der Waals surface area (Å²) in [6.45, 7) is 0. The Kier molecular flexibility index (Phi) is 3.14. The molecular weight excluding hydrogens is 191 g/mol. The van der Waals surface area contributed by atoms with Crippen molar-refractivity contribution in [2.24, 2.45) is 5.92 Å². The Hall–Kier alpha value is -1.18. The summed E-state index contributed by atoms with van der Waals surface area (Å²) in [4.78, 5) is 10.8. The number of carbonyl (C=O) groups excluding carboxylic acids is 1. The number of carbonyl (C=O) groups is 1. The molecule has 1 nitrogen and oxygen atoms in total. The molecule has 80 valence electrons. The maximum absolute atomic E-state index is 14.1. The highest BCUT2D eigenvalue weighted by Crippen LogP contribution is 2.38. The Balaban J connectivity index is 2.23. The van der Waals surface area contributed by atoms with Gasteiger partial charge < -0.3 is 0 Å². The molecular formula is C13H15FO. The molecule has 0 saturated heterocycles. The van der Waals surface area contributed by atoms with E-state index in [2.05, 4.69) is 0 Å². The molecule has 0 bridgehead atoms. The van der Waals surface area contributed by atoms with Crippen LogP contribution in [0.25, 0.3) is 0 Å². The molecule has 1 saturated carbocycles. The van der Waals surface area contributed by atoms with Gasteiger partial charge in [0, 0.05) is 5.56 Å². The topological polar surface area (TPSA) is 17.1 Å². The van der Waals surface area contributed by atoms with Crippen molar-refractivity contribution in [1.82, 2.24) is 0 Å². The quantitative estimate of drug-likeness (QED) is 0.689. The lowest BCUT2D eigenvalue weighted by molar-refractivity contribution is 0.111. The van der Waals surface area contributed by atoms with Gasteiger partial charge in [-0.05, 0) is 24.3 Å². The van der Waals surface area contributed by atoms with E-state index >= 15 is 0 Å². The van der Waals surface area contributed by atoms with Crippen LogP contribution in [0.2, 0.25) is 0 Å². The minimum absolute atomic E-state index is 0.117. The largest absolute Gasteiger partial charge is 0.298 e. The van der Waals surface area contributed by atoms with E-state index in [1.165, 1.54) is 0 Å². The first-order valence-electron chi connectivity index (χ1n) is 5.51. The number of hydrogen-bond acceptors (Lipinski definition) is 1. The van der Waals surface area contributed by atoms with Gasteiger partial charge in [0.15, 0.2) is 0 Å². The molecule has 0 spiro atoms. The molecule has 0 amide bonds. The van der Waals surface area contributed by atoms with Gasteiger partial charge in [0.2, 0.25) is 0 Å². The highest BCUT2D eigenvalue weighted by molar-refractivity contribution is 5.77. The van der Waals surface area contributed by atoms with Crippen LogP contribution in [0.5, 0.6) is 0 Å². The summed E-state index contributed by atoms with van der Waals surface area (Å²) in [6.07, 6.45) is 3.93. The smallest absolute Gasteiger partial charge is 0.150 e. The van der Waals surface area contributed by atoms with Gasteiger partial charge in [-0.2, -0.15) is 0 Å². The maximum Gasteiger partial charge on any atom is 0.150 e. The number of benzene rings is 1. The number of hydrogen-bond donors (Lipinski definition) is 0. The van der Waals surface area contributed by atoms with Crippen LogP contribution in [0.15, 0.2) is 24.3 Å². The van der Waals surface area contributed by atoms with E-state index in [0.29, 0.717) is 11.1 Å². The van der Waals surface area contributed by atoms with Crippen LogP contribution in [-0.4, -0.2) is 6.29 Å². The first-order chi connectivity index (χ1) is 7.33. The Morgan fingerprint density at radius 2 is 1.93 bits per heavy atom. The molecule has 0 aliphatic heterocycles. The third-order valence-corrected chi connectivity index (χ3v) is 3.23. The predicted molar refractivity (Wildman–Crippen MR) is 57.6 cm³/mol. The minimum Gasteiger partial charge on any atom is -0.298 e. The first-order valence-corrected chi connectivity index (χ1v) is 5.51. The number of alkyl halides is 1. The normalized spacial score (nSPS) is 19.0. The highest BCUT2D eigenvalue weighted by atomic mass is 19.1. The third-order valence-electron chi connectivity index (χ3n) is 3.23. The van der Waals surface area contributed by atoms with E-state index in [4.69, 9.17) is 0 Å². The zero-order chi connectivity index (χ0) is 10.7. The molecule has 1 fully saturated rings. The van der Waals surface area contributed by atoms with Crippen LogP contribution in [-0.2, 0) is 0 Å². The van der Waals surface area contributed by atoms with Gasteiger partial charge in [-0.1, -0.05) is 37.1 Å².